The molecule has 1 aliphatic carbocycles. The van der Waals surface area contributed by atoms with E-state index >= 15 is 0 Å². The molecule has 0 aromatic heterocycles. The zero-order chi connectivity index (χ0) is 14.7. The van der Waals surface area contributed by atoms with Crippen LogP contribution in [0.4, 0.5) is 4.79 Å². The third kappa shape index (κ3) is 3.85. The molecule has 2 rings (SSSR count). The number of rotatable bonds is 5. The number of carbonyl (C=O) groups excluding carboxylic acids is 2. The lowest BCUT2D eigenvalue weighted by atomic mass is 10.3. The van der Waals surface area contributed by atoms with Gasteiger partial charge in [-0.3, -0.25) is 9.59 Å². The summed E-state index contributed by atoms with van der Waals surface area (Å²) in [4.78, 5) is 37.5. The van der Waals surface area contributed by atoms with Gasteiger partial charge >= 0.3 is 12.0 Å². The standard InChI is InChI=1S/C13H21N3O4/c1-9(17)14-10-4-6-15(8-10)13(20)16(11-2-3-11)7-5-12(18)19/h10-11H,2-8H2,1H3,(H,14,17)(H,18,19). The number of urea groups is 1. The van der Waals surface area contributed by atoms with E-state index in [1.165, 1.54) is 6.92 Å². The Morgan fingerprint density at radius 2 is 2.00 bits per heavy atom. The van der Waals surface area contributed by atoms with Crippen LogP contribution in [0.15, 0.2) is 0 Å². The fourth-order valence-electron chi connectivity index (χ4n) is 2.56. The number of carbonyl (C=O) groups is 3. The Morgan fingerprint density at radius 3 is 2.55 bits per heavy atom. The summed E-state index contributed by atoms with van der Waals surface area (Å²) in [6.07, 6.45) is 2.64. The lowest BCUT2D eigenvalue weighted by molar-refractivity contribution is -0.137. The molecule has 2 N–H and O–H groups in total. The van der Waals surface area contributed by atoms with Crippen molar-refractivity contribution < 1.29 is 19.5 Å². The summed E-state index contributed by atoms with van der Waals surface area (Å²) in [6.45, 7) is 2.85. The van der Waals surface area contributed by atoms with Crippen LogP contribution in [-0.2, 0) is 9.59 Å². The number of carboxylic acids is 1. The summed E-state index contributed by atoms with van der Waals surface area (Å²) in [5.74, 6) is -0.977. The topological polar surface area (TPSA) is 90.0 Å². The second-order valence-electron chi connectivity index (χ2n) is 5.48. The van der Waals surface area contributed by atoms with Gasteiger partial charge < -0.3 is 20.2 Å². The van der Waals surface area contributed by atoms with Gasteiger partial charge in [0.1, 0.15) is 0 Å². The number of carboxylic acid groups (broad SMARTS) is 1. The second-order valence-corrected chi connectivity index (χ2v) is 5.48. The Labute approximate surface area is 117 Å². The molecule has 7 nitrogen and oxygen atoms in total. The lowest BCUT2D eigenvalue weighted by Crippen LogP contribution is -2.45. The molecular weight excluding hydrogens is 262 g/mol. The predicted octanol–water partition coefficient (Wildman–Crippen LogP) is 0.256. The molecule has 2 aliphatic rings. The van der Waals surface area contributed by atoms with Crippen LogP contribution in [0, 0.1) is 0 Å². The molecule has 0 bridgehead atoms. The zero-order valence-electron chi connectivity index (χ0n) is 11.7. The van der Waals surface area contributed by atoms with E-state index in [0.29, 0.717) is 13.1 Å². The molecule has 1 atom stereocenters. The average Bonchev–Trinajstić information content (AvgIpc) is 3.08. The molecule has 0 spiro atoms. The van der Waals surface area contributed by atoms with Crippen LogP contribution in [-0.4, -0.2) is 64.5 Å². The molecule has 0 aromatic carbocycles. The van der Waals surface area contributed by atoms with Crippen LogP contribution in [0.1, 0.15) is 32.6 Å². The van der Waals surface area contributed by atoms with E-state index in [1.54, 1.807) is 9.80 Å². The van der Waals surface area contributed by atoms with Crippen molar-refractivity contribution in [1.82, 2.24) is 15.1 Å². The molecule has 1 unspecified atom stereocenters. The highest BCUT2D eigenvalue weighted by Crippen LogP contribution is 2.28. The number of aliphatic carboxylic acids is 1. The first-order valence-corrected chi connectivity index (χ1v) is 7.02. The largest absolute Gasteiger partial charge is 0.481 e. The molecule has 1 aliphatic heterocycles. The first-order valence-electron chi connectivity index (χ1n) is 7.02. The van der Waals surface area contributed by atoms with Crippen molar-refractivity contribution in [1.29, 1.82) is 0 Å². The summed E-state index contributed by atoms with van der Waals surface area (Å²) >= 11 is 0. The number of likely N-dealkylation sites (tertiary alicyclic amines) is 1. The summed E-state index contributed by atoms with van der Waals surface area (Å²) in [6, 6.07) is 0.111. The number of amides is 3. The van der Waals surface area contributed by atoms with Gasteiger partial charge in [0.05, 0.1) is 6.42 Å². The monoisotopic (exact) mass is 283 g/mol. The molecule has 3 amide bonds. The summed E-state index contributed by atoms with van der Waals surface area (Å²) in [5.41, 5.74) is 0. The first-order chi connectivity index (χ1) is 9.47. The third-order valence-corrected chi connectivity index (χ3v) is 3.67. The van der Waals surface area contributed by atoms with Crippen molar-refractivity contribution in [3.05, 3.63) is 0 Å². The zero-order valence-corrected chi connectivity index (χ0v) is 11.7. The van der Waals surface area contributed by atoms with Crippen molar-refractivity contribution in [2.45, 2.75) is 44.7 Å². The maximum Gasteiger partial charge on any atom is 0.320 e. The minimum absolute atomic E-state index is 0.0111. The van der Waals surface area contributed by atoms with Crippen molar-refractivity contribution in [3.63, 3.8) is 0 Å². The fourth-order valence-corrected chi connectivity index (χ4v) is 2.56. The lowest BCUT2D eigenvalue weighted by Gasteiger charge is -2.27. The molecule has 1 saturated heterocycles. The van der Waals surface area contributed by atoms with Gasteiger partial charge in [0, 0.05) is 38.6 Å². The summed E-state index contributed by atoms with van der Waals surface area (Å²) in [7, 11) is 0. The Bertz CT molecular complexity index is 408. The Balaban J connectivity index is 1.88. The molecule has 2 fully saturated rings. The van der Waals surface area contributed by atoms with Crippen LogP contribution in [0.3, 0.4) is 0 Å². The maximum atomic E-state index is 12.4. The molecule has 7 heteroatoms. The highest BCUT2D eigenvalue weighted by molar-refractivity contribution is 5.77. The molecule has 0 aromatic rings. The Morgan fingerprint density at radius 1 is 1.30 bits per heavy atom. The highest BCUT2D eigenvalue weighted by Gasteiger charge is 2.37. The van der Waals surface area contributed by atoms with Gasteiger partial charge in [0.25, 0.3) is 0 Å². The van der Waals surface area contributed by atoms with Gasteiger partial charge in [-0.25, -0.2) is 4.79 Å². The first kappa shape index (κ1) is 14.6. The molecule has 1 saturated carbocycles. The summed E-state index contributed by atoms with van der Waals surface area (Å²) in [5, 5.41) is 11.6. The third-order valence-electron chi connectivity index (χ3n) is 3.67. The van der Waals surface area contributed by atoms with E-state index in [-0.39, 0.29) is 37.0 Å². The highest BCUT2D eigenvalue weighted by atomic mass is 16.4. The molecule has 112 valence electrons. The molecule has 0 radical (unpaired) electrons. The molecular formula is C13H21N3O4. The van der Waals surface area contributed by atoms with E-state index in [2.05, 4.69) is 5.32 Å². The van der Waals surface area contributed by atoms with Crippen LogP contribution in [0.2, 0.25) is 0 Å². The molecule has 20 heavy (non-hydrogen) atoms. The van der Waals surface area contributed by atoms with E-state index in [9.17, 15) is 14.4 Å². The Kier molecular flexibility index (Phi) is 4.46. The van der Waals surface area contributed by atoms with Gasteiger partial charge in [-0.05, 0) is 19.3 Å². The number of nitrogens with zero attached hydrogens (tertiary/aromatic N) is 2. The smallest absolute Gasteiger partial charge is 0.320 e. The number of hydrogen-bond acceptors (Lipinski definition) is 3. The minimum atomic E-state index is -0.888. The van der Waals surface area contributed by atoms with Crippen molar-refractivity contribution >= 4 is 17.9 Å². The van der Waals surface area contributed by atoms with E-state index < -0.39 is 5.97 Å². The fraction of sp³-hybridized carbons (Fsp3) is 0.769. The molecule has 1 heterocycles. The van der Waals surface area contributed by atoms with Crippen LogP contribution >= 0.6 is 0 Å². The quantitative estimate of drug-likeness (QED) is 0.757. The minimum Gasteiger partial charge on any atom is -0.481 e. The van der Waals surface area contributed by atoms with Gasteiger partial charge in [0.2, 0.25) is 5.91 Å². The van der Waals surface area contributed by atoms with Crippen LogP contribution in [0.25, 0.3) is 0 Å². The van der Waals surface area contributed by atoms with Gasteiger partial charge in [0.15, 0.2) is 0 Å². The van der Waals surface area contributed by atoms with E-state index in [1.807, 2.05) is 0 Å². The van der Waals surface area contributed by atoms with Gasteiger partial charge in [-0.2, -0.15) is 0 Å². The van der Waals surface area contributed by atoms with E-state index in [0.717, 1.165) is 19.3 Å². The second kappa shape index (κ2) is 6.11. The van der Waals surface area contributed by atoms with Gasteiger partial charge in [-0.1, -0.05) is 0 Å². The van der Waals surface area contributed by atoms with Crippen molar-refractivity contribution in [2.75, 3.05) is 19.6 Å². The summed E-state index contributed by atoms with van der Waals surface area (Å²) < 4.78 is 0. The van der Waals surface area contributed by atoms with Crippen molar-refractivity contribution in [3.8, 4) is 0 Å². The number of hydrogen-bond donors (Lipinski definition) is 2. The van der Waals surface area contributed by atoms with Crippen LogP contribution in [0.5, 0.6) is 0 Å². The SMILES string of the molecule is CC(=O)NC1CCN(C(=O)N(CCC(=O)O)C2CC2)C1. The van der Waals surface area contributed by atoms with Gasteiger partial charge in [-0.15, -0.1) is 0 Å². The van der Waals surface area contributed by atoms with Crippen LogP contribution < -0.4 is 5.32 Å². The van der Waals surface area contributed by atoms with E-state index in [4.69, 9.17) is 5.11 Å². The number of nitrogens with one attached hydrogen (secondary N) is 1. The maximum absolute atomic E-state index is 12.4. The Hall–Kier alpha value is -1.79. The average molecular weight is 283 g/mol. The predicted molar refractivity (Wildman–Crippen MR) is 71.2 cm³/mol. The van der Waals surface area contributed by atoms with Crippen molar-refractivity contribution in [2.24, 2.45) is 0 Å². The normalized spacial score (nSPS) is 21.6.